The molecule has 0 saturated heterocycles. The van der Waals surface area contributed by atoms with E-state index in [1.54, 1.807) is 6.20 Å². The number of hydrogen-bond acceptors (Lipinski definition) is 4. The highest BCUT2D eigenvalue weighted by molar-refractivity contribution is 9.08. The van der Waals surface area contributed by atoms with Crippen molar-refractivity contribution in [3.8, 4) is 11.1 Å². The van der Waals surface area contributed by atoms with Crippen molar-refractivity contribution >= 4 is 27.6 Å². The van der Waals surface area contributed by atoms with Crippen molar-refractivity contribution in [1.82, 2.24) is 15.0 Å². The van der Waals surface area contributed by atoms with Crippen molar-refractivity contribution in [3.05, 3.63) is 65.7 Å². The predicted molar refractivity (Wildman–Crippen MR) is 97.4 cm³/mol. The second-order valence-electron chi connectivity index (χ2n) is 5.65. The number of alkyl halides is 4. The molecule has 2 aromatic heterocycles. The van der Waals surface area contributed by atoms with E-state index >= 15 is 0 Å². The number of hydrogen-bond donors (Lipinski definition) is 1. The van der Waals surface area contributed by atoms with Crippen LogP contribution in [0.5, 0.6) is 0 Å². The molecule has 0 amide bonds. The zero-order chi connectivity index (χ0) is 18.7. The lowest BCUT2D eigenvalue weighted by Crippen LogP contribution is -2.10. The molecule has 0 aliphatic carbocycles. The molecule has 1 aromatic carbocycles. The van der Waals surface area contributed by atoms with Gasteiger partial charge in [0.2, 0.25) is 5.95 Å². The fourth-order valence-electron chi connectivity index (χ4n) is 2.40. The largest absolute Gasteiger partial charge is 0.433 e. The first-order chi connectivity index (χ1) is 12.3. The molecule has 4 nitrogen and oxygen atoms in total. The normalized spacial score (nSPS) is 11.4. The third kappa shape index (κ3) is 4.37. The highest BCUT2D eigenvalue weighted by Crippen LogP contribution is 2.29. The van der Waals surface area contributed by atoms with E-state index in [2.05, 4.69) is 36.2 Å². The van der Waals surface area contributed by atoms with Gasteiger partial charge in [0.25, 0.3) is 0 Å². The summed E-state index contributed by atoms with van der Waals surface area (Å²) in [5.74, 6) is -0.107. The molecule has 3 rings (SSSR count). The fraction of sp³-hybridized carbons (Fsp3) is 0.167. The molecule has 0 saturated carbocycles. The summed E-state index contributed by atoms with van der Waals surface area (Å²) in [6.45, 7) is 1.90. The first-order valence-corrected chi connectivity index (χ1v) is 8.77. The van der Waals surface area contributed by atoms with E-state index in [0.29, 0.717) is 11.0 Å². The summed E-state index contributed by atoms with van der Waals surface area (Å²) < 4.78 is 38.4. The van der Waals surface area contributed by atoms with E-state index in [1.165, 1.54) is 0 Å². The van der Waals surface area contributed by atoms with Gasteiger partial charge in [0.1, 0.15) is 5.69 Å². The minimum atomic E-state index is -4.51. The van der Waals surface area contributed by atoms with Gasteiger partial charge >= 0.3 is 6.18 Å². The summed E-state index contributed by atoms with van der Waals surface area (Å²) in [6.07, 6.45) is -1.67. The van der Waals surface area contributed by atoms with Gasteiger partial charge in [-0.05, 0) is 42.3 Å². The van der Waals surface area contributed by atoms with E-state index in [9.17, 15) is 13.2 Å². The zero-order valence-corrected chi connectivity index (χ0v) is 15.3. The van der Waals surface area contributed by atoms with Gasteiger partial charge in [-0.3, -0.25) is 4.98 Å². The first-order valence-electron chi connectivity index (χ1n) is 7.65. The molecule has 0 spiro atoms. The highest BCUT2D eigenvalue weighted by Gasteiger charge is 2.32. The summed E-state index contributed by atoms with van der Waals surface area (Å²) in [7, 11) is 0. The number of aromatic nitrogens is 3. The molecule has 8 heteroatoms. The van der Waals surface area contributed by atoms with Crippen LogP contribution < -0.4 is 5.32 Å². The summed E-state index contributed by atoms with van der Waals surface area (Å²) in [4.78, 5) is 11.7. The van der Waals surface area contributed by atoms with E-state index < -0.39 is 11.9 Å². The van der Waals surface area contributed by atoms with Crippen LogP contribution in [0.3, 0.4) is 0 Å². The van der Waals surface area contributed by atoms with E-state index in [4.69, 9.17) is 0 Å². The van der Waals surface area contributed by atoms with Gasteiger partial charge in [0.15, 0.2) is 0 Å². The fourth-order valence-corrected chi connectivity index (χ4v) is 2.73. The smallest absolute Gasteiger partial charge is 0.324 e. The number of pyridine rings is 1. The standard InChI is InChI=1S/C18H14BrF3N4/c1-11-6-13(12-2-3-14(9-19)24-10-12)8-15(7-11)25-17-23-5-4-16(26-17)18(20,21)22/h2-8,10H,9H2,1H3,(H,23,25,26). The van der Waals surface area contributed by atoms with Crippen molar-refractivity contribution in [2.45, 2.75) is 18.4 Å². The second-order valence-corrected chi connectivity index (χ2v) is 6.21. The number of anilines is 2. The maximum Gasteiger partial charge on any atom is 0.433 e. The number of nitrogens with one attached hydrogen (secondary N) is 1. The maximum atomic E-state index is 12.8. The molecule has 0 aliphatic rings. The van der Waals surface area contributed by atoms with E-state index in [1.807, 2.05) is 37.3 Å². The minimum absolute atomic E-state index is 0.107. The molecule has 0 unspecified atom stereocenters. The van der Waals surface area contributed by atoms with Crippen LogP contribution in [0.15, 0.2) is 48.8 Å². The lowest BCUT2D eigenvalue weighted by molar-refractivity contribution is -0.141. The van der Waals surface area contributed by atoms with E-state index in [0.717, 1.165) is 34.6 Å². The average molecular weight is 423 g/mol. The number of halogens is 4. The molecule has 26 heavy (non-hydrogen) atoms. The number of benzene rings is 1. The molecule has 2 heterocycles. The van der Waals surface area contributed by atoms with Crippen LogP contribution >= 0.6 is 15.9 Å². The topological polar surface area (TPSA) is 50.7 Å². The van der Waals surface area contributed by atoms with Crippen LogP contribution in [0.25, 0.3) is 11.1 Å². The molecule has 0 aliphatic heterocycles. The lowest BCUT2D eigenvalue weighted by Gasteiger charge is -2.11. The highest BCUT2D eigenvalue weighted by atomic mass is 79.9. The second kappa shape index (κ2) is 7.41. The third-order valence-electron chi connectivity index (χ3n) is 3.57. The molecule has 0 radical (unpaired) electrons. The predicted octanol–water partition coefficient (Wildman–Crippen LogP) is 5.50. The van der Waals surface area contributed by atoms with Gasteiger partial charge in [-0.15, -0.1) is 0 Å². The van der Waals surface area contributed by atoms with Gasteiger partial charge < -0.3 is 5.32 Å². The molecule has 3 aromatic rings. The van der Waals surface area contributed by atoms with Crippen molar-refractivity contribution in [3.63, 3.8) is 0 Å². The van der Waals surface area contributed by atoms with E-state index in [-0.39, 0.29) is 5.95 Å². The van der Waals surface area contributed by atoms with Crippen molar-refractivity contribution in [2.75, 3.05) is 5.32 Å². The van der Waals surface area contributed by atoms with Gasteiger partial charge in [-0.2, -0.15) is 13.2 Å². The molecule has 0 bridgehead atoms. The van der Waals surface area contributed by atoms with Crippen molar-refractivity contribution in [2.24, 2.45) is 0 Å². The molecule has 0 atom stereocenters. The third-order valence-corrected chi connectivity index (χ3v) is 4.15. The minimum Gasteiger partial charge on any atom is -0.324 e. The Hall–Kier alpha value is -2.48. The van der Waals surface area contributed by atoms with Crippen LogP contribution in [-0.2, 0) is 11.5 Å². The van der Waals surface area contributed by atoms with Crippen molar-refractivity contribution in [1.29, 1.82) is 0 Å². The number of rotatable bonds is 4. The Labute approximate surface area is 156 Å². The average Bonchev–Trinajstić information content (AvgIpc) is 2.61. The van der Waals surface area contributed by atoms with Gasteiger partial charge in [0.05, 0.1) is 5.69 Å². The first kappa shape index (κ1) is 18.3. The van der Waals surface area contributed by atoms with Crippen LogP contribution in [0, 0.1) is 6.92 Å². The SMILES string of the molecule is Cc1cc(Nc2nccc(C(F)(F)F)n2)cc(-c2ccc(CBr)nc2)c1. The summed E-state index contributed by atoms with van der Waals surface area (Å²) >= 11 is 3.35. The van der Waals surface area contributed by atoms with Crippen LogP contribution in [0.4, 0.5) is 24.8 Å². The van der Waals surface area contributed by atoms with Gasteiger partial charge in [-0.25, -0.2) is 9.97 Å². The molecular weight excluding hydrogens is 409 g/mol. The molecule has 0 fully saturated rings. The van der Waals surface area contributed by atoms with Crippen molar-refractivity contribution < 1.29 is 13.2 Å². The zero-order valence-electron chi connectivity index (χ0n) is 13.7. The molecular formula is C18H14BrF3N4. The summed E-state index contributed by atoms with van der Waals surface area (Å²) in [5.41, 5.74) is 3.28. The number of nitrogens with zero attached hydrogens (tertiary/aromatic N) is 3. The molecule has 1 N–H and O–H groups in total. The van der Waals surface area contributed by atoms with Crippen LogP contribution in [0.1, 0.15) is 17.0 Å². The Morgan fingerprint density at radius 2 is 1.85 bits per heavy atom. The quantitative estimate of drug-likeness (QED) is 0.563. The number of aryl methyl sites for hydroxylation is 1. The molecule has 134 valence electrons. The Kier molecular flexibility index (Phi) is 5.22. The summed E-state index contributed by atoms with van der Waals surface area (Å²) in [5, 5.41) is 3.51. The summed E-state index contributed by atoms with van der Waals surface area (Å²) in [6, 6.07) is 10.3. The lowest BCUT2D eigenvalue weighted by atomic mass is 10.0. The monoisotopic (exact) mass is 422 g/mol. The van der Waals surface area contributed by atoms with Gasteiger partial charge in [-0.1, -0.05) is 28.1 Å². The Bertz CT molecular complexity index is 911. The van der Waals surface area contributed by atoms with Crippen LogP contribution in [0.2, 0.25) is 0 Å². The van der Waals surface area contributed by atoms with Gasteiger partial charge in [0, 0.05) is 29.0 Å². The Morgan fingerprint density at radius 1 is 1.04 bits per heavy atom. The Morgan fingerprint density at radius 3 is 2.50 bits per heavy atom. The van der Waals surface area contributed by atoms with Crippen LogP contribution in [-0.4, -0.2) is 15.0 Å². The maximum absolute atomic E-state index is 12.8. The Balaban J connectivity index is 1.90.